The second kappa shape index (κ2) is 7.92. The summed E-state index contributed by atoms with van der Waals surface area (Å²) in [5.41, 5.74) is 0.220. The molecule has 0 bridgehead atoms. The van der Waals surface area contributed by atoms with Gasteiger partial charge < -0.3 is 10.1 Å². The van der Waals surface area contributed by atoms with Crippen LogP contribution in [-0.4, -0.2) is 40.6 Å². The molecule has 1 atom stereocenters. The second-order valence-corrected chi connectivity index (χ2v) is 5.20. The maximum atomic E-state index is 11.2. The minimum atomic E-state index is -0.471. The van der Waals surface area contributed by atoms with Crippen molar-refractivity contribution in [2.75, 3.05) is 23.9 Å². The third-order valence-corrected chi connectivity index (χ3v) is 3.27. The van der Waals surface area contributed by atoms with E-state index in [0.717, 1.165) is 17.9 Å². The van der Waals surface area contributed by atoms with Gasteiger partial charge >= 0.3 is 5.97 Å². The first kappa shape index (κ1) is 14.8. The van der Waals surface area contributed by atoms with Crippen LogP contribution in [-0.2, 0) is 4.74 Å². The molecule has 1 unspecified atom stereocenters. The van der Waals surface area contributed by atoms with Crippen LogP contribution >= 0.6 is 11.8 Å². The average molecular weight is 269 g/mol. The van der Waals surface area contributed by atoms with E-state index >= 15 is 0 Å². The first-order valence-corrected chi connectivity index (χ1v) is 7.07. The predicted molar refractivity (Wildman–Crippen MR) is 74.1 cm³/mol. The molecule has 18 heavy (non-hydrogen) atoms. The van der Waals surface area contributed by atoms with Gasteiger partial charge in [0.15, 0.2) is 5.69 Å². The molecule has 1 aromatic heterocycles. The van der Waals surface area contributed by atoms with Crippen molar-refractivity contribution in [2.24, 2.45) is 0 Å². The van der Waals surface area contributed by atoms with Gasteiger partial charge in [-0.2, -0.15) is 11.8 Å². The Labute approximate surface area is 112 Å². The molecule has 100 valence electrons. The molecule has 1 N–H and O–H groups in total. The van der Waals surface area contributed by atoms with Gasteiger partial charge in [-0.3, -0.25) is 0 Å². The lowest BCUT2D eigenvalue weighted by Gasteiger charge is -2.13. The smallest absolute Gasteiger partial charge is 0.358 e. The van der Waals surface area contributed by atoms with E-state index in [0.29, 0.717) is 11.9 Å². The number of aromatic nitrogens is 2. The molecule has 1 heterocycles. The third-order valence-electron chi connectivity index (χ3n) is 2.34. The molecule has 6 heteroatoms. The molecule has 0 fully saturated rings. The summed E-state index contributed by atoms with van der Waals surface area (Å²) in [4.78, 5) is 19.3. The molecule has 0 saturated heterocycles. The Morgan fingerprint density at radius 1 is 1.50 bits per heavy atom. The number of thioether (sulfide) groups is 1. The van der Waals surface area contributed by atoms with E-state index in [1.807, 2.05) is 11.8 Å². The van der Waals surface area contributed by atoms with Crippen molar-refractivity contribution < 1.29 is 9.53 Å². The molecule has 0 aliphatic rings. The van der Waals surface area contributed by atoms with Crippen LogP contribution in [0.15, 0.2) is 12.4 Å². The maximum Gasteiger partial charge on any atom is 0.358 e. The third kappa shape index (κ3) is 4.91. The number of nitrogens with zero attached hydrogens (tertiary/aromatic N) is 2. The molecule has 0 amide bonds. The number of carbonyl (C=O) groups is 1. The molecule has 5 nitrogen and oxygen atoms in total. The molecular weight excluding hydrogens is 250 g/mol. The summed E-state index contributed by atoms with van der Waals surface area (Å²) in [5.74, 6) is 2.47. The summed E-state index contributed by atoms with van der Waals surface area (Å²) >= 11 is 1.92. The van der Waals surface area contributed by atoms with Crippen molar-refractivity contribution in [3.8, 4) is 0 Å². The average Bonchev–Trinajstić information content (AvgIpc) is 2.39. The van der Waals surface area contributed by atoms with Crippen molar-refractivity contribution in [3.05, 3.63) is 18.1 Å². The number of ether oxygens (including phenoxy) is 1. The topological polar surface area (TPSA) is 64.1 Å². The monoisotopic (exact) mass is 269 g/mol. The fourth-order valence-electron chi connectivity index (χ4n) is 1.34. The molecular formula is C12H19N3O2S. The molecule has 1 aromatic rings. The quantitative estimate of drug-likeness (QED) is 0.605. The number of anilines is 1. The molecule has 0 spiro atoms. The number of methoxy groups -OCH3 is 1. The zero-order valence-corrected chi connectivity index (χ0v) is 11.8. The number of hydrogen-bond donors (Lipinski definition) is 1. The Balaban J connectivity index is 2.45. The van der Waals surface area contributed by atoms with Gasteiger partial charge in [0, 0.05) is 6.04 Å². The zero-order valence-electron chi connectivity index (χ0n) is 11.0. The van der Waals surface area contributed by atoms with Gasteiger partial charge in [-0.25, -0.2) is 14.8 Å². The maximum absolute atomic E-state index is 11.2. The van der Waals surface area contributed by atoms with Crippen molar-refractivity contribution in [1.29, 1.82) is 0 Å². The molecule has 0 aliphatic carbocycles. The SMILES string of the molecule is CCSCCC(C)Nc1cnc(C(=O)OC)cn1. The van der Waals surface area contributed by atoms with E-state index in [4.69, 9.17) is 0 Å². The van der Waals surface area contributed by atoms with Gasteiger partial charge in [-0.05, 0) is 24.9 Å². The second-order valence-electron chi connectivity index (χ2n) is 3.81. The van der Waals surface area contributed by atoms with Crippen LogP contribution in [0.4, 0.5) is 5.82 Å². The van der Waals surface area contributed by atoms with Gasteiger partial charge in [-0.15, -0.1) is 0 Å². The van der Waals surface area contributed by atoms with Crippen LogP contribution in [0, 0.1) is 0 Å². The summed E-state index contributed by atoms with van der Waals surface area (Å²) in [6.07, 6.45) is 4.04. The van der Waals surface area contributed by atoms with Crippen molar-refractivity contribution in [2.45, 2.75) is 26.3 Å². The van der Waals surface area contributed by atoms with Gasteiger partial charge in [0.25, 0.3) is 0 Å². The summed E-state index contributed by atoms with van der Waals surface area (Å²) in [5, 5.41) is 3.25. The van der Waals surface area contributed by atoms with E-state index in [-0.39, 0.29) is 5.69 Å². The molecule has 1 rings (SSSR count). The highest BCUT2D eigenvalue weighted by Gasteiger charge is 2.08. The normalized spacial score (nSPS) is 11.9. The Morgan fingerprint density at radius 3 is 2.83 bits per heavy atom. The van der Waals surface area contributed by atoms with Gasteiger partial charge in [0.05, 0.1) is 19.5 Å². The summed E-state index contributed by atoms with van der Waals surface area (Å²) in [6.45, 7) is 4.26. The lowest BCUT2D eigenvalue weighted by Crippen LogP contribution is -2.17. The number of carbonyl (C=O) groups excluding carboxylic acids is 1. The number of nitrogens with one attached hydrogen (secondary N) is 1. The van der Waals surface area contributed by atoms with Gasteiger partial charge in [0.2, 0.25) is 0 Å². The first-order chi connectivity index (χ1) is 8.67. The molecule has 0 saturated carbocycles. The lowest BCUT2D eigenvalue weighted by molar-refractivity contribution is 0.0593. The number of hydrogen-bond acceptors (Lipinski definition) is 6. The van der Waals surface area contributed by atoms with E-state index in [1.165, 1.54) is 13.3 Å². The van der Waals surface area contributed by atoms with Gasteiger partial charge in [-0.1, -0.05) is 6.92 Å². The van der Waals surface area contributed by atoms with Crippen LogP contribution in [0.5, 0.6) is 0 Å². The van der Waals surface area contributed by atoms with Gasteiger partial charge in [0.1, 0.15) is 5.82 Å². The van der Waals surface area contributed by atoms with Crippen molar-refractivity contribution >= 4 is 23.5 Å². The highest BCUT2D eigenvalue weighted by atomic mass is 32.2. The summed E-state index contributed by atoms with van der Waals surface area (Å²) < 4.78 is 4.56. The number of rotatable bonds is 7. The summed E-state index contributed by atoms with van der Waals surface area (Å²) in [6, 6.07) is 0.335. The van der Waals surface area contributed by atoms with Crippen LogP contribution in [0.1, 0.15) is 30.8 Å². The summed E-state index contributed by atoms with van der Waals surface area (Å²) in [7, 11) is 1.32. The Hall–Kier alpha value is -1.30. The Kier molecular flexibility index (Phi) is 6.49. The van der Waals surface area contributed by atoms with Crippen molar-refractivity contribution in [3.63, 3.8) is 0 Å². The Bertz CT molecular complexity index is 370. The predicted octanol–water partition coefficient (Wildman–Crippen LogP) is 2.21. The van der Waals surface area contributed by atoms with Crippen LogP contribution in [0.25, 0.3) is 0 Å². The van der Waals surface area contributed by atoms with Crippen LogP contribution < -0.4 is 5.32 Å². The molecule has 0 aromatic carbocycles. The van der Waals surface area contributed by atoms with Crippen LogP contribution in [0.3, 0.4) is 0 Å². The zero-order chi connectivity index (χ0) is 13.4. The molecule has 0 radical (unpaired) electrons. The first-order valence-electron chi connectivity index (χ1n) is 5.92. The fourth-order valence-corrected chi connectivity index (χ4v) is 2.15. The highest BCUT2D eigenvalue weighted by molar-refractivity contribution is 7.99. The van der Waals surface area contributed by atoms with E-state index < -0.39 is 5.97 Å². The van der Waals surface area contributed by atoms with Crippen LogP contribution in [0.2, 0.25) is 0 Å². The fraction of sp³-hybridized carbons (Fsp3) is 0.583. The van der Waals surface area contributed by atoms with E-state index in [2.05, 4.69) is 33.9 Å². The lowest BCUT2D eigenvalue weighted by atomic mass is 10.2. The minimum Gasteiger partial charge on any atom is -0.464 e. The van der Waals surface area contributed by atoms with Crippen molar-refractivity contribution in [1.82, 2.24) is 9.97 Å². The van der Waals surface area contributed by atoms with E-state index in [9.17, 15) is 4.79 Å². The highest BCUT2D eigenvalue weighted by Crippen LogP contribution is 2.09. The largest absolute Gasteiger partial charge is 0.464 e. The minimum absolute atomic E-state index is 0.220. The Morgan fingerprint density at radius 2 is 2.28 bits per heavy atom. The number of esters is 1. The molecule has 0 aliphatic heterocycles. The standard InChI is InChI=1S/C12H19N3O2S/c1-4-18-6-5-9(2)15-11-8-13-10(7-14-11)12(16)17-3/h7-9H,4-6H2,1-3H3,(H,14,15). The van der Waals surface area contributed by atoms with E-state index in [1.54, 1.807) is 6.20 Å².